The standard InChI is InChI=1S/C25H26N8O.C23H25ClN6O.C22H22Cl2N6O.C22H23FN6O/c26-18-4-2-12-32(16-18)22-9-11-28-15-17(22)14-23(34)25-19(27)7-8-21(31-25)20-5-1-6-24(30-20)33-13-3-10-29-33;1-14-9-16(24)12-28-22(14)19-5-4-18(26)23(29-19)21(31)10-15-11-27-7-6-20(15)30-8-2-3-17(25)13-30;23-14-9-16(24)21(28-11-14)18-4-3-17(26)22(29-18)20(31)8-13-10-27-6-5-19(13)30-7-1-2-15(25)12-30;23-16-4-1-8-27-21(16)18-6-5-17(25)22(28-18)20(30)11-14-12-26-9-7-19(14)29-10-2-3-15(24)13-29/h1,3,5-11,13,15,18H,2,4,12,14,16,26-27H2;4-7,9,11-12,17H,2-3,8,10,13,25-26H2,1H3;3-6,9-11,15H,1-2,7-8,12,25-26H2;1,4-9,12,15H,2-3,10-11,13,24-25H2/t18-;17-;2*15-/m0000/s1. The van der Waals surface area contributed by atoms with Crippen molar-refractivity contribution in [3.8, 4) is 51.4 Å². The van der Waals surface area contributed by atoms with Crippen LogP contribution in [0, 0.1) is 12.7 Å². The SMILES string of the molecule is Cc1cc(Cl)cnc1-c1ccc(N)c(C(=O)Cc2cnccc2N2CCC[C@H](N)C2)n1.Nc1ccc(-c2cccc(-n3cccn3)n2)nc1C(=O)Cc1cnccc1N1CCC[C@H](N)C1.Nc1ccc(-c2ncc(Cl)cc2Cl)nc1C(=O)Cc1cnccc1N1CCC[C@H](N)C1.Nc1ccc(-c2ncccc2F)nc1C(=O)Cc1cnccc1N1CCC[C@H](N)C1. The Balaban J connectivity index is 0.000000136. The number of ketones is 4. The predicted molar refractivity (Wildman–Crippen MR) is 491 cm³/mol. The maximum absolute atomic E-state index is 14.1. The molecule has 17 rings (SSSR count). The van der Waals surface area contributed by atoms with E-state index in [1.54, 1.807) is 121 Å². The van der Waals surface area contributed by atoms with Gasteiger partial charge in [0.1, 0.15) is 34.2 Å². The van der Waals surface area contributed by atoms with Crippen LogP contribution in [0.25, 0.3) is 51.4 Å². The lowest BCUT2D eigenvalue weighted by Gasteiger charge is -2.33. The molecule has 13 aromatic rings. The van der Waals surface area contributed by atoms with Crippen LogP contribution in [0.1, 0.15) is 121 Å². The Bertz CT molecular complexity index is 5900. The van der Waals surface area contributed by atoms with Gasteiger partial charge in [0.25, 0.3) is 0 Å². The van der Waals surface area contributed by atoms with Crippen LogP contribution >= 0.6 is 34.8 Å². The lowest BCUT2D eigenvalue weighted by atomic mass is 10.0. The van der Waals surface area contributed by atoms with E-state index in [-0.39, 0.29) is 113 Å². The molecule has 0 spiro atoms. The van der Waals surface area contributed by atoms with Crippen molar-refractivity contribution in [1.29, 1.82) is 0 Å². The summed E-state index contributed by atoms with van der Waals surface area (Å²) in [7, 11) is 0. The zero-order chi connectivity index (χ0) is 88.5. The zero-order valence-electron chi connectivity index (χ0n) is 69.3. The summed E-state index contributed by atoms with van der Waals surface area (Å²) in [5, 5.41) is 5.54. The highest BCUT2D eigenvalue weighted by atomic mass is 35.5. The molecule has 0 saturated carbocycles. The number of halogens is 4. The monoisotopic (exact) mass is 1750 g/mol. The first-order chi connectivity index (χ1) is 60.9. The summed E-state index contributed by atoms with van der Waals surface area (Å²) in [5.74, 6) is -0.654. The number of hydrogen-bond acceptors (Lipinski definition) is 29. The third-order valence-corrected chi connectivity index (χ3v) is 22.6. The van der Waals surface area contributed by atoms with Crippen LogP contribution in [0.15, 0.2) is 202 Å². The van der Waals surface area contributed by atoms with Gasteiger partial charge in [-0.15, -0.1) is 0 Å². The van der Waals surface area contributed by atoms with Gasteiger partial charge in [0.15, 0.2) is 34.8 Å². The van der Waals surface area contributed by atoms with E-state index in [4.69, 9.17) is 80.7 Å². The van der Waals surface area contributed by atoms with Crippen molar-refractivity contribution in [3.63, 3.8) is 0 Å². The molecule has 4 aliphatic rings. The number of carbonyl (C=O) groups is 4. The molecule has 34 heteroatoms. The lowest BCUT2D eigenvalue weighted by Crippen LogP contribution is -2.43. The third-order valence-electron chi connectivity index (χ3n) is 21.9. The topological polar surface area (TPSA) is 462 Å². The first kappa shape index (κ1) is 89.0. The minimum Gasteiger partial charge on any atom is -0.397 e. The van der Waals surface area contributed by atoms with Crippen LogP contribution < -0.4 is 65.5 Å². The van der Waals surface area contributed by atoms with E-state index >= 15 is 0 Å². The molecule has 4 aliphatic heterocycles. The number of nitrogen functional groups attached to an aromatic ring is 4. The molecule has 0 unspecified atom stereocenters. The average Bonchev–Trinajstić information content (AvgIpc) is 0.833. The first-order valence-electron chi connectivity index (χ1n) is 41.4. The second-order valence-electron chi connectivity index (χ2n) is 31.3. The van der Waals surface area contributed by atoms with Crippen molar-refractivity contribution in [3.05, 3.63) is 273 Å². The van der Waals surface area contributed by atoms with Gasteiger partial charge in [-0.05, 0) is 179 Å². The van der Waals surface area contributed by atoms with Gasteiger partial charge in [0.05, 0.1) is 72.0 Å². The summed E-state index contributed by atoms with van der Waals surface area (Å²) in [6.45, 7) is 8.52. The minimum absolute atomic E-state index is 0.0796. The number of nitrogens with zero attached hydrogens (tertiary/aromatic N) is 18. The van der Waals surface area contributed by atoms with Crippen LogP contribution in [0.2, 0.25) is 15.1 Å². The number of rotatable bonds is 21. The summed E-state index contributed by atoms with van der Waals surface area (Å²) >= 11 is 18.2. The fraction of sp³-hybridized carbons (Fsp3) is 0.272. The van der Waals surface area contributed by atoms with Crippen LogP contribution in [-0.4, -0.2) is 169 Å². The number of Topliss-reactive ketones (excluding diaryl/α,β-unsaturated/α-hetero) is 4. The second-order valence-corrected chi connectivity index (χ2v) is 32.6. The number of piperidine rings is 4. The molecular formula is C92H96Cl3FN26O4. The summed E-state index contributed by atoms with van der Waals surface area (Å²) in [4.78, 5) is 114. The van der Waals surface area contributed by atoms with E-state index in [1.165, 1.54) is 24.5 Å². The highest BCUT2D eigenvalue weighted by Crippen LogP contribution is 2.35. The van der Waals surface area contributed by atoms with Gasteiger partial charge in [-0.25, -0.2) is 34.0 Å². The smallest absolute Gasteiger partial charge is 0.187 e. The van der Waals surface area contributed by atoms with Gasteiger partial charge in [0, 0.05) is 228 Å². The lowest BCUT2D eigenvalue weighted by molar-refractivity contribution is 0.0981. The maximum Gasteiger partial charge on any atom is 0.187 e. The van der Waals surface area contributed by atoms with Gasteiger partial charge in [-0.3, -0.25) is 54.1 Å². The number of pyridine rings is 12. The molecule has 646 valence electrons. The Labute approximate surface area is 742 Å². The molecule has 0 bridgehead atoms. The molecule has 0 aromatic carbocycles. The Hall–Kier alpha value is -13.3. The number of hydrogen-bond donors (Lipinski definition) is 8. The number of anilines is 8. The fourth-order valence-corrected chi connectivity index (χ4v) is 16.5. The molecule has 16 N–H and O–H groups in total. The summed E-state index contributed by atoms with van der Waals surface area (Å²) in [6.07, 6.45) is 30.4. The van der Waals surface area contributed by atoms with Crippen LogP contribution in [0.3, 0.4) is 0 Å². The molecule has 4 saturated heterocycles. The Morgan fingerprint density at radius 3 is 1.13 bits per heavy atom. The Morgan fingerprint density at radius 2 is 0.754 bits per heavy atom. The van der Waals surface area contributed by atoms with Gasteiger partial charge >= 0.3 is 0 Å². The van der Waals surface area contributed by atoms with E-state index in [0.29, 0.717) is 72.1 Å². The van der Waals surface area contributed by atoms with Crippen molar-refractivity contribution in [2.24, 2.45) is 22.9 Å². The molecular weight excluding hydrogens is 1660 g/mol. The van der Waals surface area contributed by atoms with Crippen LogP contribution in [0.4, 0.5) is 49.9 Å². The van der Waals surface area contributed by atoms with Crippen molar-refractivity contribution in [2.45, 2.75) is 108 Å². The fourth-order valence-electron chi connectivity index (χ4n) is 15.8. The van der Waals surface area contributed by atoms with E-state index in [0.717, 1.165) is 154 Å². The normalized spacial score (nSPS) is 16.3. The van der Waals surface area contributed by atoms with Crippen molar-refractivity contribution in [1.82, 2.24) is 69.6 Å². The van der Waals surface area contributed by atoms with Crippen molar-refractivity contribution in [2.75, 3.05) is 94.9 Å². The average molecular weight is 1760 g/mol. The maximum atomic E-state index is 14.1. The molecule has 4 fully saturated rings. The van der Waals surface area contributed by atoms with E-state index < -0.39 is 5.82 Å². The molecule has 4 atom stereocenters. The van der Waals surface area contributed by atoms with Gasteiger partial charge in [-0.2, -0.15) is 5.10 Å². The van der Waals surface area contributed by atoms with Gasteiger partial charge in [0.2, 0.25) is 0 Å². The molecule has 13 aromatic heterocycles. The number of aromatic nitrogens is 14. The molecule has 17 heterocycles. The summed E-state index contributed by atoms with van der Waals surface area (Å²) < 4.78 is 15.8. The highest BCUT2D eigenvalue weighted by Gasteiger charge is 2.29. The molecule has 126 heavy (non-hydrogen) atoms. The molecule has 30 nitrogen and oxygen atoms in total. The van der Waals surface area contributed by atoms with E-state index in [2.05, 4.69) is 84.5 Å². The van der Waals surface area contributed by atoms with E-state index in [9.17, 15) is 23.6 Å². The van der Waals surface area contributed by atoms with Crippen LogP contribution in [0.5, 0.6) is 0 Å². The largest absolute Gasteiger partial charge is 0.397 e. The molecule has 0 amide bonds. The third kappa shape index (κ3) is 22.3. The Kier molecular flexibility index (Phi) is 29.3. The van der Waals surface area contributed by atoms with Crippen molar-refractivity contribution >= 4 is 103 Å². The molecule has 0 radical (unpaired) electrons. The van der Waals surface area contributed by atoms with E-state index in [1.807, 2.05) is 67.7 Å². The van der Waals surface area contributed by atoms with Crippen LogP contribution in [-0.2, 0) is 25.7 Å². The number of aryl methyl sites for hydroxylation is 1. The summed E-state index contributed by atoms with van der Waals surface area (Å²) in [5.41, 5.74) is 62.7. The highest BCUT2D eigenvalue weighted by molar-refractivity contribution is 6.36. The zero-order valence-corrected chi connectivity index (χ0v) is 71.6. The quantitative estimate of drug-likeness (QED) is 0.0310. The minimum atomic E-state index is -0.510. The summed E-state index contributed by atoms with van der Waals surface area (Å²) in [6, 6.07) is 35.2. The van der Waals surface area contributed by atoms with Crippen molar-refractivity contribution < 1.29 is 23.6 Å². The number of nitrogens with two attached hydrogens (primary N) is 8. The Morgan fingerprint density at radius 1 is 0.389 bits per heavy atom. The van der Waals surface area contributed by atoms with Gasteiger partial charge in [-0.1, -0.05) is 40.9 Å². The second kappa shape index (κ2) is 41.5. The molecule has 0 aliphatic carbocycles. The predicted octanol–water partition coefficient (Wildman–Crippen LogP) is 12.5. The first-order valence-corrected chi connectivity index (χ1v) is 42.5. The number of carbonyl (C=O) groups excluding carboxylic acids is 4. The van der Waals surface area contributed by atoms with Gasteiger partial charge < -0.3 is 65.5 Å².